The first-order chi connectivity index (χ1) is 9.62. The van der Waals surface area contributed by atoms with Crippen molar-refractivity contribution in [3.8, 4) is 11.1 Å². The van der Waals surface area contributed by atoms with Crippen LogP contribution in [0.4, 0.5) is 26.3 Å². The van der Waals surface area contributed by atoms with Crippen molar-refractivity contribution in [2.24, 2.45) is 0 Å². The molecule has 0 radical (unpaired) electrons. The van der Waals surface area contributed by atoms with Crippen LogP contribution in [0.15, 0.2) is 41.3 Å². The van der Waals surface area contributed by atoms with Gasteiger partial charge in [0.05, 0.1) is 11.1 Å². The van der Waals surface area contributed by atoms with Gasteiger partial charge in [0.2, 0.25) is 0 Å². The zero-order chi connectivity index (χ0) is 15.8. The lowest BCUT2D eigenvalue weighted by molar-refractivity contribution is -0.141. The predicted octanol–water partition coefficient (Wildman–Crippen LogP) is 4.08. The van der Waals surface area contributed by atoms with Gasteiger partial charge in [-0.25, -0.2) is 0 Å². The average Bonchev–Trinajstić information content (AvgIpc) is 2.36. The number of benzene rings is 1. The SMILES string of the molecule is O=c1cc[nH]c(C(F)(F)F)c1-c1ccccc1C(F)(F)F. The minimum absolute atomic E-state index is 0.627. The maximum atomic E-state index is 12.9. The Balaban J connectivity index is 2.84. The number of halogens is 6. The first kappa shape index (κ1) is 15.1. The Hall–Kier alpha value is -2.25. The highest BCUT2D eigenvalue weighted by molar-refractivity contribution is 5.70. The van der Waals surface area contributed by atoms with E-state index in [-0.39, 0.29) is 0 Å². The van der Waals surface area contributed by atoms with Gasteiger partial charge in [-0.2, -0.15) is 26.3 Å². The second kappa shape index (κ2) is 4.94. The highest BCUT2D eigenvalue weighted by Crippen LogP contribution is 2.40. The lowest BCUT2D eigenvalue weighted by Crippen LogP contribution is -2.19. The van der Waals surface area contributed by atoms with Gasteiger partial charge in [-0.05, 0) is 11.6 Å². The molecule has 0 aliphatic rings. The van der Waals surface area contributed by atoms with E-state index in [0.29, 0.717) is 6.07 Å². The zero-order valence-electron chi connectivity index (χ0n) is 10.1. The second-order valence-corrected chi connectivity index (χ2v) is 4.13. The average molecular weight is 307 g/mol. The summed E-state index contributed by atoms with van der Waals surface area (Å²) in [5, 5.41) is 0. The molecule has 8 heteroatoms. The summed E-state index contributed by atoms with van der Waals surface area (Å²) in [6, 6.07) is 4.39. The molecule has 0 saturated heterocycles. The standard InChI is InChI=1S/C13H7F6NO/c14-12(15,16)8-4-2-1-3-7(8)10-9(21)5-6-20-11(10)13(17,18)19/h1-6H,(H,20,21). The third kappa shape index (κ3) is 2.93. The van der Waals surface area contributed by atoms with E-state index in [1.807, 2.05) is 0 Å². The van der Waals surface area contributed by atoms with Crippen LogP contribution in [-0.4, -0.2) is 4.98 Å². The zero-order valence-corrected chi connectivity index (χ0v) is 10.1. The van der Waals surface area contributed by atoms with Crippen molar-refractivity contribution >= 4 is 0 Å². The number of H-pyrrole nitrogens is 1. The van der Waals surface area contributed by atoms with Gasteiger partial charge in [0.15, 0.2) is 5.43 Å². The summed E-state index contributed by atoms with van der Waals surface area (Å²) in [4.78, 5) is 13.5. The molecule has 0 saturated carbocycles. The predicted molar refractivity (Wildman–Crippen MR) is 62.5 cm³/mol. The summed E-state index contributed by atoms with van der Waals surface area (Å²) in [6.07, 6.45) is -9.11. The number of nitrogens with one attached hydrogen (secondary N) is 1. The van der Waals surface area contributed by atoms with Crippen molar-refractivity contribution < 1.29 is 26.3 Å². The van der Waals surface area contributed by atoms with Crippen LogP contribution in [0.2, 0.25) is 0 Å². The van der Waals surface area contributed by atoms with Gasteiger partial charge in [0.1, 0.15) is 5.69 Å². The molecule has 0 atom stereocenters. The Morgan fingerprint density at radius 3 is 2.05 bits per heavy atom. The first-order valence-corrected chi connectivity index (χ1v) is 5.58. The van der Waals surface area contributed by atoms with Gasteiger partial charge in [-0.3, -0.25) is 4.79 Å². The summed E-state index contributed by atoms with van der Waals surface area (Å²) < 4.78 is 77.4. The van der Waals surface area contributed by atoms with Crippen LogP contribution in [0, 0.1) is 0 Å². The van der Waals surface area contributed by atoms with Crippen molar-refractivity contribution in [1.82, 2.24) is 4.98 Å². The lowest BCUT2D eigenvalue weighted by Gasteiger charge is -2.16. The van der Waals surface area contributed by atoms with E-state index in [1.54, 1.807) is 4.98 Å². The molecule has 1 heterocycles. The molecule has 0 unspecified atom stereocenters. The minimum Gasteiger partial charge on any atom is -0.357 e. The van der Waals surface area contributed by atoms with Gasteiger partial charge >= 0.3 is 12.4 Å². The monoisotopic (exact) mass is 307 g/mol. The largest absolute Gasteiger partial charge is 0.431 e. The molecular weight excluding hydrogens is 300 g/mol. The van der Waals surface area contributed by atoms with Crippen LogP contribution >= 0.6 is 0 Å². The van der Waals surface area contributed by atoms with Gasteiger partial charge < -0.3 is 4.98 Å². The fourth-order valence-corrected chi connectivity index (χ4v) is 1.92. The molecule has 0 aliphatic carbocycles. The molecule has 1 N–H and O–H groups in total. The number of aromatic nitrogens is 1. The van der Waals surface area contributed by atoms with Crippen LogP contribution < -0.4 is 5.43 Å². The highest BCUT2D eigenvalue weighted by Gasteiger charge is 2.39. The summed E-state index contributed by atoms with van der Waals surface area (Å²) in [7, 11) is 0. The molecular formula is C13H7F6NO. The molecule has 21 heavy (non-hydrogen) atoms. The van der Waals surface area contributed by atoms with Crippen molar-refractivity contribution in [1.29, 1.82) is 0 Å². The normalized spacial score (nSPS) is 12.5. The number of alkyl halides is 6. The molecule has 0 fully saturated rings. The van der Waals surface area contributed by atoms with Crippen LogP contribution in [0.5, 0.6) is 0 Å². The molecule has 112 valence electrons. The van der Waals surface area contributed by atoms with Crippen molar-refractivity contribution in [3.63, 3.8) is 0 Å². The van der Waals surface area contributed by atoms with Crippen molar-refractivity contribution in [3.05, 3.63) is 58.0 Å². The van der Waals surface area contributed by atoms with Crippen molar-refractivity contribution in [2.45, 2.75) is 12.4 Å². The molecule has 2 rings (SSSR count). The van der Waals surface area contributed by atoms with Gasteiger partial charge in [-0.1, -0.05) is 18.2 Å². The van der Waals surface area contributed by atoms with E-state index in [1.165, 1.54) is 0 Å². The number of hydrogen-bond donors (Lipinski definition) is 1. The molecule has 2 nitrogen and oxygen atoms in total. The topological polar surface area (TPSA) is 32.9 Å². The third-order valence-corrected chi connectivity index (χ3v) is 2.74. The Morgan fingerprint density at radius 1 is 0.857 bits per heavy atom. The Kier molecular flexibility index (Phi) is 3.56. The lowest BCUT2D eigenvalue weighted by atomic mass is 9.97. The molecule has 1 aromatic carbocycles. The summed E-state index contributed by atoms with van der Waals surface area (Å²) in [6.45, 7) is 0. The summed E-state index contributed by atoms with van der Waals surface area (Å²) >= 11 is 0. The van der Waals surface area contributed by atoms with E-state index in [9.17, 15) is 31.1 Å². The van der Waals surface area contributed by atoms with E-state index in [2.05, 4.69) is 0 Å². The first-order valence-electron chi connectivity index (χ1n) is 5.58. The van der Waals surface area contributed by atoms with Crippen LogP contribution in [0.1, 0.15) is 11.3 Å². The van der Waals surface area contributed by atoms with E-state index in [4.69, 9.17) is 0 Å². The van der Waals surface area contributed by atoms with Gasteiger partial charge in [0, 0.05) is 12.3 Å². The summed E-state index contributed by atoms with van der Waals surface area (Å²) in [5.41, 5.74) is -5.80. The molecule has 0 bridgehead atoms. The Morgan fingerprint density at radius 2 is 1.48 bits per heavy atom. The van der Waals surface area contributed by atoms with E-state index in [0.717, 1.165) is 30.5 Å². The number of aromatic amines is 1. The van der Waals surface area contributed by atoms with E-state index >= 15 is 0 Å². The Labute approximate surface area is 114 Å². The molecule has 0 aliphatic heterocycles. The van der Waals surface area contributed by atoms with Crippen LogP contribution in [-0.2, 0) is 12.4 Å². The van der Waals surface area contributed by atoms with Crippen molar-refractivity contribution in [2.75, 3.05) is 0 Å². The number of rotatable bonds is 1. The van der Waals surface area contributed by atoms with Gasteiger partial charge in [-0.15, -0.1) is 0 Å². The maximum Gasteiger partial charge on any atom is 0.431 e. The fourth-order valence-electron chi connectivity index (χ4n) is 1.92. The highest BCUT2D eigenvalue weighted by atomic mass is 19.4. The third-order valence-electron chi connectivity index (χ3n) is 2.74. The fraction of sp³-hybridized carbons (Fsp3) is 0.154. The molecule has 0 spiro atoms. The Bertz CT molecular complexity index is 714. The molecule has 1 aromatic heterocycles. The summed E-state index contributed by atoms with van der Waals surface area (Å²) in [5.74, 6) is 0. The number of hydrogen-bond acceptors (Lipinski definition) is 1. The quantitative estimate of drug-likeness (QED) is 0.791. The van der Waals surface area contributed by atoms with Crippen LogP contribution in [0.25, 0.3) is 11.1 Å². The number of pyridine rings is 1. The minimum atomic E-state index is -4.98. The smallest absolute Gasteiger partial charge is 0.357 e. The van der Waals surface area contributed by atoms with Gasteiger partial charge in [0.25, 0.3) is 0 Å². The van der Waals surface area contributed by atoms with Crippen LogP contribution in [0.3, 0.4) is 0 Å². The molecule has 0 amide bonds. The van der Waals surface area contributed by atoms with E-state index < -0.39 is 40.2 Å². The second-order valence-electron chi connectivity index (χ2n) is 4.13. The molecule has 2 aromatic rings. The maximum absolute atomic E-state index is 12.9.